The number of hydrogen-bond acceptors (Lipinski definition) is 2. The molecule has 1 rings (SSSR count). The van der Waals surface area contributed by atoms with Crippen LogP contribution in [0.25, 0.3) is 0 Å². The third kappa shape index (κ3) is 6.12. The second kappa shape index (κ2) is 7.12. The first-order valence-corrected chi connectivity index (χ1v) is 6.16. The van der Waals surface area contributed by atoms with E-state index in [4.69, 9.17) is 0 Å². The lowest BCUT2D eigenvalue weighted by molar-refractivity contribution is -0.121. The van der Waals surface area contributed by atoms with E-state index in [0.29, 0.717) is 12.3 Å². The number of amides is 1. The molecule has 0 fully saturated rings. The molecule has 0 unspecified atom stereocenters. The molecule has 0 aromatic carbocycles. The minimum absolute atomic E-state index is 0.124. The summed E-state index contributed by atoms with van der Waals surface area (Å²) >= 11 is 0. The Hall–Kier alpha value is -1.29. The molecule has 0 radical (unpaired) electrons. The average molecular weight is 237 g/mol. The van der Waals surface area contributed by atoms with E-state index in [-0.39, 0.29) is 5.91 Å². The van der Waals surface area contributed by atoms with Gasteiger partial charge in [-0.15, -0.1) is 0 Å². The van der Waals surface area contributed by atoms with Gasteiger partial charge in [0.1, 0.15) is 0 Å². The topological polar surface area (TPSA) is 46.1 Å². The lowest BCUT2D eigenvalue weighted by Crippen LogP contribution is -2.30. The first kappa shape index (κ1) is 13.8. The van der Waals surface area contributed by atoms with Crippen molar-refractivity contribution in [2.45, 2.75) is 26.8 Å². The molecule has 96 valence electrons. The van der Waals surface area contributed by atoms with Crippen LogP contribution in [0.15, 0.2) is 18.5 Å². The Morgan fingerprint density at radius 2 is 2.24 bits per heavy atom. The van der Waals surface area contributed by atoms with Crippen molar-refractivity contribution in [2.75, 3.05) is 13.1 Å². The standard InChI is InChI=1S/C13H23N3O/c1-11(2)8-15-13(17)4-6-14-9-12-5-7-16(3)10-12/h5,7,10-11,14H,4,6,8-9H2,1-3H3,(H,15,17). The van der Waals surface area contributed by atoms with Crippen molar-refractivity contribution in [1.82, 2.24) is 15.2 Å². The zero-order valence-electron chi connectivity index (χ0n) is 11.0. The van der Waals surface area contributed by atoms with Crippen molar-refractivity contribution >= 4 is 5.91 Å². The van der Waals surface area contributed by atoms with Crippen LogP contribution in [-0.4, -0.2) is 23.6 Å². The number of carbonyl (C=O) groups is 1. The molecule has 0 saturated carbocycles. The van der Waals surface area contributed by atoms with Gasteiger partial charge in [-0.2, -0.15) is 0 Å². The van der Waals surface area contributed by atoms with Gasteiger partial charge < -0.3 is 15.2 Å². The lowest BCUT2D eigenvalue weighted by Gasteiger charge is -2.07. The van der Waals surface area contributed by atoms with Gasteiger partial charge in [-0.1, -0.05) is 13.8 Å². The van der Waals surface area contributed by atoms with Crippen LogP contribution in [0.5, 0.6) is 0 Å². The van der Waals surface area contributed by atoms with Gasteiger partial charge in [0.25, 0.3) is 0 Å². The maximum absolute atomic E-state index is 11.4. The summed E-state index contributed by atoms with van der Waals surface area (Å²) in [6.07, 6.45) is 4.64. The Bertz CT molecular complexity index is 344. The highest BCUT2D eigenvalue weighted by molar-refractivity contribution is 5.76. The van der Waals surface area contributed by atoms with E-state index in [2.05, 4.69) is 36.7 Å². The van der Waals surface area contributed by atoms with Crippen LogP contribution in [0.1, 0.15) is 25.8 Å². The highest BCUT2D eigenvalue weighted by Gasteiger charge is 2.01. The molecule has 1 aromatic rings. The van der Waals surface area contributed by atoms with Crippen LogP contribution in [0.3, 0.4) is 0 Å². The molecular weight excluding hydrogens is 214 g/mol. The van der Waals surface area contributed by atoms with Crippen LogP contribution < -0.4 is 10.6 Å². The number of rotatable bonds is 7. The Balaban J connectivity index is 2.06. The van der Waals surface area contributed by atoms with E-state index >= 15 is 0 Å². The van der Waals surface area contributed by atoms with Gasteiger partial charge in [-0.3, -0.25) is 4.79 Å². The minimum Gasteiger partial charge on any atom is -0.357 e. The summed E-state index contributed by atoms with van der Waals surface area (Å²) in [7, 11) is 2.00. The summed E-state index contributed by atoms with van der Waals surface area (Å²) in [4.78, 5) is 11.4. The molecule has 17 heavy (non-hydrogen) atoms. The lowest BCUT2D eigenvalue weighted by atomic mass is 10.2. The van der Waals surface area contributed by atoms with Crippen molar-refractivity contribution in [1.29, 1.82) is 0 Å². The monoisotopic (exact) mass is 237 g/mol. The first-order chi connectivity index (χ1) is 8.08. The molecule has 2 N–H and O–H groups in total. The predicted octanol–water partition coefficient (Wildman–Crippen LogP) is 1.28. The summed E-state index contributed by atoms with van der Waals surface area (Å²) in [5.74, 6) is 0.635. The molecule has 1 amide bonds. The largest absolute Gasteiger partial charge is 0.357 e. The van der Waals surface area contributed by atoms with Gasteiger partial charge in [-0.25, -0.2) is 0 Å². The SMILES string of the molecule is CC(C)CNC(=O)CCNCc1ccn(C)c1. The molecule has 0 bridgehead atoms. The van der Waals surface area contributed by atoms with Crippen LogP contribution in [0.4, 0.5) is 0 Å². The van der Waals surface area contributed by atoms with Gasteiger partial charge in [0.2, 0.25) is 5.91 Å². The zero-order chi connectivity index (χ0) is 12.7. The molecule has 0 saturated heterocycles. The van der Waals surface area contributed by atoms with Crippen molar-refractivity contribution in [3.05, 3.63) is 24.0 Å². The number of hydrogen-bond donors (Lipinski definition) is 2. The van der Waals surface area contributed by atoms with E-state index in [1.807, 2.05) is 17.8 Å². The molecule has 0 aliphatic rings. The minimum atomic E-state index is 0.124. The third-order valence-electron chi connectivity index (χ3n) is 2.46. The summed E-state index contributed by atoms with van der Waals surface area (Å²) in [5, 5.41) is 6.16. The Kier molecular flexibility index (Phi) is 5.77. The van der Waals surface area contributed by atoms with Crippen LogP contribution in [0, 0.1) is 5.92 Å². The smallest absolute Gasteiger partial charge is 0.221 e. The Morgan fingerprint density at radius 1 is 1.47 bits per heavy atom. The van der Waals surface area contributed by atoms with Crippen molar-refractivity contribution in [2.24, 2.45) is 13.0 Å². The molecule has 0 aliphatic heterocycles. The molecule has 0 aliphatic carbocycles. The quantitative estimate of drug-likeness (QED) is 0.702. The van der Waals surface area contributed by atoms with E-state index in [0.717, 1.165) is 19.6 Å². The number of carbonyl (C=O) groups excluding carboxylic acids is 1. The van der Waals surface area contributed by atoms with E-state index in [1.165, 1.54) is 5.56 Å². The fourth-order valence-electron chi connectivity index (χ4n) is 1.51. The summed E-state index contributed by atoms with van der Waals surface area (Å²) in [5.41, 5.74) is 1.25. The van der Waals surface area contributed by atoms with Crippen LogP contribution in [-0.2, 0) is 18.4 Å². The average Bonchev–Trinajstić information content (AvgIpc) is 2.68. The molecular formula is C13H23N3O. The molecule has 4 heteroatoms. The number of nitrogens with zero attached hydrogens (tertiary/aromatic N) is 1. The van der Waals surface area contributed by atoms with Crippen molar-refractivity contribution in [3.63, 3.8) is 0 Å². The maximum Gasteiger partial charge on any atom is 0.221 e. The maximum atomic E-state index is 11.4. The van der Waals surface area contributed by atoms with E-state index in [9.17, 15) is 4.79 Å². The van der Waals surface area contributed by atoms with Crippen molar-refractivity contribution < 1.29 is 4.79 Å². The molecule has 1 aromatic heterocycles. The van der Waals surface area contributed by atoms with E-state index in [1.54, 1.807) is 0 Å². The van der Waals surface area contributed by atoms with Gasteiger partial charge in [0.05, 0.1) is 0 Å². The van der Waals surface area contributed by atoms with Crippen LogP contribution in [0.2, 0.25) is 0 Å². The van der Waals surface area contributed by atoms with Gasteiger partial charge in [-0.05, 0) is 17.5 Å². The molecule has 0 spiro atoms. The number of aromatic nitrogens is 1. The first-order valence-electron chi connectivity index (χ1n) is 6.16. The fraction of sp³-hybridized carbons (Fsp3) is 0.615. The zero-order valence-corrected chi connectivity index (χ0v) is 11.0. The highest BCUT2D eigenvalue weighted by atomic mass is 16.1. The number of nitrogens with one attached hydrogen (secondary N) is 2. The number of aryl methyl sites for hydroxylation is 1. The van der Waals surface area contributed by atoms with E-state index < -0.39 is 0 Å². The molecule has 1 heterocycles. The third-order valence-corrected chi connectivity index (χ3v) is 2.46. The van der Waals surface area contributed by atoms with Crippen molar-refractivity contribution in [3.8, 4) is 0 Å². The Labute approximate surface area is 103 Å². The van der Waals surface area contributed by atoms with Gasteiger partial charge >= 0.3 is 0 Å². The second-order valence-corrected chi connectivity index (χ2v) is 4.81. The fourth-order valence-corrected chi connectivity index (χ4v) is 1.51. The predicted molar refractivity (Wildman–Crippen MR) is 69.6 cm³/mol. The summed E-state index contributed by atoms with van der Waals surface area (Å²) in [6, 6.07) is 2.08. The summed E-state index contributed by atoms with van der Waals surface area (Å²) < 4.78 is 2.02. The second-order valence-electron chi connectivity index (χ2n) is 4.81. The molecule has 0 atom stereocenters. The Morgan fingerprint density at radius 3 is 2.82 bits per heavy atom. The highest BCUT2D eigenvalue weighted by Crippen LogP contribution is 1.98. The van der Waals surface area contributed by atoms with Gasteiger partial charge in [0.15, 0.2) is 0 Å². The normalized spacial score (nSPS) is 10.8. The van der Waals surface area contributed by atoms with Gasteiger partial charge in [0, 0.05) is 45.5 Å². The molecule has 4 nitrogen and oxygen atoms in total. The van der Waals surface area contributed by atoms with Crippen LogP contribution >= 0.6 is 0 Å². The summed E-state index contributed by atoms with van der Waals surface area (Å²) in [6.45, 7) is 6.48.